The van der Waals surface area contributed by atoms with Gasteiger partial charge in [0.15, 0.2) is 0 Å². The van der Waals surface area contributed by atoms with E-state index in [1.165, 1.54) is 45.1 Å². The molecule has 2 rings (SSSR count). The molecule has 2 fully saturated rings. The van der Waals surface area contributed by atoms with Crippen molar-refractivity contribution in [1.29, 1.82) is 0 Å². The van der Waals surface area contributed by atoms with Gasteiger partial charge in [0.1, 0.15) is 12.6 Å². The predicted octanol–water partition coefficient (Wildman–Crippen LogP) is 0.359. The summed E-state index contributed by atoms with van der Waals surface area (Å²) in [5.41, 5.74) is 0. The lowest BCUT2D eigenvalue weighted by molar-refractivity contribution is -0.934. The second-order valence-corrected chi connectivity index (χ2v) is 4.74. The summed E-state index contributed by atoms with van der Waals surface area (Å²) in [6.07, 6.45) is 9.35. The summed E-state index contributed by atoms with van der Waals surface area (Å²) < 4.78 is 0. The second kappa shape index (κ2) is 4.43. The van der Waals surface area contributed by atoms with Gasteiger partial charge in [-0.2, -0.15) is 0 Å². The van der Waals surface area contributed by atoms with Crippen molar-refractivity contribution in [3.8, 4) is 0 Å². The molecule has 1 saturated carbocycles. The van der Waals surface area contributed by atoms with Gasteiger partial charge in [-0.1, -0.05) is 6.42 Å². The van der Waals surface area contributed by atoms with Crippen LogP contribution in [0.3, 0.4) is 0 Å². The van der Waals surface area contributed by atoms with Crippen molar-refractivity contribution in [3.05, 3.63) is 0 Å². The van der Waals surface area contributed by atoms with Gasteiger partial charge in [0.25, 0.3) is 0 Å². The van der Waals surface area contributed by atoms with Gasteiger partial charge in [-0.15, -0.1) is 0 Å². The first-order chi connectivity index (χ1) is 6.36. The molecule has 0 aromatic carbocycles. The number of hydrogen-bond donors (Lipinski definition) is 2. The van der Waals surface area contributed by atoms with Crippen LogP contribution < -0.4 is 4.90 Å². The van der Waals surface area contributed by atoms with Crippen molar-refractivity contribution in [3.63, 3.8) is 0 Å². The van der Waals surface area contributed by atoms with Crippen LogP contribution in [0.25, 0.3) is 0 Å². The summed E-state index contributed by atoms with van der Waals surface area (Å²) in [7, 11) is 0. The maximum atomic E-state index is 9.59. The van der Waals surface area contributed by atoms with Gasteiger partial charge in [0.2, 0.25) is 0 Å². The molecule has 2 atom stereocenters. The monoisotopic (exact) mass is 184 g/mol. The van der Waals surface area contributed by atoms with Crippen LogP contribution in [-0.2, 0) is 0 Å². The molecule has 76 valence electrons. The zero-order chi connectivity index (χ0) is 9.10. The molecule has 0 aromatic heterocycles. The summed E-state index contributed by atoms with van der Waals surface area (Å²) in [4.78, 5) is 1.69. The van der Waals surface area contributed by atoms with Crippen molar-refractivity contribution >= 4 is 0 Å². The topological polar surface area (TPSA) is 24.7 Å². The molecule has 13 heavy (non-hydrogen) atoms. The zero-order valence-electron chi connectivity index (χ0n) is 8.47. The van der Waals surface area contributed by atoms with Crippen LogP contribution in [0.5, 0.6) is 0 Å². The summed E-state index contributed by atoms with van der Waals surface area (Å²) in [5, 5.41) is 9.59. The van der Waals surface area contributed by atoms with E-state index in [-0.39, 0.29) is 6.10 Å². The van der Waals surface area contributed by atoms with Crippen molar-refractivity contribution in [2.45, 2.75) is 57.1 Å². The van der Waals surface area contributed by atoms with Crippen molar-refractivity contribution in [2.75, 3.05) is 13.1 Å². The smallest absolute Gasteiger partial charge is 0.104 e. The van der Waals surface area contributed by atoms with E-state index in [4.69, 9.17) is 0 Å². The minimum atomic E-state index is -0.00863. The maximum absolute atomic E-state index is 9.59. The molecular formula is C11H22NO+. The van der Waals surface area contributed by atoms with Gasteiger partial charge in [-0.3, -0.25) is 0 Å². The van der Waals surface area contributed by atoms with Gasteiger partial charge in [-0.25, -0.2) is 0 Å². The van der Waals surface area contributed by atoms with Crippen molar-refractivity contribution < 1.29 is 10.0 Å². The fourth-order valence-electron chi connectivity index (χ4n) is 2.95. The van der Waals surface area contributed by atoms with Crippen molar-refractivity contribution in [1.82, 2.24) is 0 Å². The Morgan fingerprint density at radius 1 is 0.923 bits per heavy atom. The molecule has 1 heterocycles. The van der Waals surface area contributed by atoms with E-state index in [1.54, 1.807) is 4.90 Å². The fraction of sp³-hybridized carbons (Fsp3) is 1.00. The Hall–Kier alpha value is -0.0800. The Morgan fingerprint density at radius 3 is 2.38 bits per heavy atom. The Kier molecular flexibility index (Phi) is 3.23. The highest BCUT2D eigenvalue weighted by Gasteiger charge is 2.29. The van der Waals surface area contributed by atoms with Crippen LogP contribution in [0.2, 0.25) is 0 Å². The molecule has 1 aliphatic heterocycles. The predicted molar refractivity (Wildman–Crippen MR) is 52.8 cm³/mol. The van der Waals surface area contributed by atoms with Crippen LogP contribution in [-0.4, -0.2) is 30.3 Å². The molecule has 0 spiro atoms. The highest BCUT2D eigenvalue weighted by Crippen LogP contribution is 2.16. The first kappa shape index (κ1) is 9.47. The highest BCUT2D eigenvalue weighted by molar-refractivity contribution is 4.67. The van der Waals surface area contributed by atoms with E-state index >= 15 is 0 Å². The van der Waals surface area contributed by atoms with Crippen LogP contribution in [0, 0.1) is 0 Å². The molecule has 1 aliphatic carbocycles. The molecule has 0 radical (unpaired) electrons. The van der Waals surface area contributed by atoms with E-state index in [1.807, 2.05) is 0 Å². The normalized spacial score (nSPS) is 37.6. The van der Waals surface area contributed by atoms with E-state index in [0.29, 0.717) is 0 Å². The van der Waals surface area contributed by atoms with Crippen LogP contribution in [0.4, 0.5) is 0 Å². The summed E-state index contributed by atoms with van der Waals surface area (Å²) in [5.74, 6) is 0. The minimum absolute atomic E-state index is 0.00863. The van der Waals surface area contributed by atoms with Crippen molar-refractivity contribution in [2.24, 2.45) is 0 Å². The summed E-state index contributed by atoms with van der Waals surface area (Å²) in [6.45, 7) is 2.33. The molecule has 0 bridgehead atoms. The van der Waals surface area contributed by atoms with Gasteiger partial charge in [-0.05, 0) is 38.5 Å². The Balaban J connectivity index is 1.83. The highest BCUT2D eigenvalue weighted by atomic mass is 16.3. The molecule has 1 saturated heterocycles. The Bertz CT molecular complexity index is 154. The van der Waals surface area contributed by atoms with Gasteiger partial charge in [0.05, 0.1) is 12.6 Å². The average molecular weight is 184 g/mol. The molecule has 2 heteroatoms. The molecule has 2 aliphatic rings. The van der Waals surface area contributed by atoms with Gasteiger partial charge < -0.3 is 10.0 Å². The number of piperidine rings is 1. The third-order valence-corrected chi connectivity index (χ3v) is 3.72. The van der Waals surface area contributed by atoms with Crippen LogP contribution in [0.15, 0.2) is 0 Å². The molecule has 2 N–H and O–H groups in total. The average Bonchev–Trinajstić information content (AvgIpc) is 2.19. The lowest BCUT2D eigenvalue weighted by Gasteiger charge is -2.35. The number of nitrogens with one attached hydrogen (secondary N) is 1. The lowest BCUT2D eigenvalue weighted by Crippen LogP contribution is -3.17. The zero-order valence-corrected chi connectivity index (χ0v) is 8.47. The largest absolute Gasteiger partial charge is 0.387 e. The van der Waals surface area contributed by atoms with Gasteiger partial charge in [0, 0.05) is 0 Å². The minimum Gasteiger partial charge on any atom is -0.387 e. The van der Waals surface area contributed by atoms with E-state index in [9.17, 15) is 5.11 Å². The number of rotatable bonds is 1. The number of hydrogen-bond acceptors (Lipinski definition) is 1. The lowest BCUT2D eigenvalue weighted by atomic mass is 9.92. The van der Waals surface area contributed by atoms with E-state index < -0.39 is 0 Å². The van der Waals surface area contributed by atoms with Crippen LogP contribution in [0.1, 0.15) is 44.9 Å². The number of aliphatic hydroxyl groups is 1. The molecule has 0 aromatic rings. The molecule has 2 unspecified atom stereocenters. The van der Waals surface area contributed by atoms with E-state index in [0.717, 1.165) is 19.0 Å². The fourth-order valence-corrected chi connectivity index (χ4v) is 2.95. The Morgan fingerprint density at radius 2 is 1.69 bits per heavy atom. The van der Waals surface area contributed by atoms with E-state index in [2.05, 4.69) is 0 Å². The summed E-state index contributed by atoms with van der Waals surface area (Å²) >= 11 is 0. The molecule has 2 nitrogen and oxygen atoms in total. The molecular weight excluding hydrogens is 162 g/mol. The maximum Gasteiger partial charge on any atom is 0.104 e. The number of likely N-dealkylation sites (tertiary alicyclic amines) is 1. The molecule has 0 amide bonds. The first-order valence-corrected chi connectivity index (χ1v) is 5.89. The third kappa shape index (κ3) is 2.44. The Labute approximate surface area is 80.9 Å². The number of quaternary nitrogens is 1. The third-order valence-electron chi connectivity index (χ3n) is 3.72. The first-order valence-electron chi connectivity index (χ1n) is 5.89. The summed E-state index contributed by atoms with van der Waals surface area (Å²) in [6, 6.07) is 0.878. The standard InChI is InChI=1S/C11H21NO/c13-11-7-4-8-12(9-11)10-5-2-1-3-6-10/h10-11,13H,1-9H2/p+1. The van der Waals surface area contributed by atoms with Gasteiger partial charge >= 0.3 is 0 Å². The quantitative estimate of drug-likeness (QED) is 0.604. The second-order valence-electron chi connectivity index (χ2n) is 4.74. The SMILES string of the molecule is OC1CCC[NH+](C2CCCCC2)C1. The number of aliphatic hydroxyl groups excluding tert-OH is 1. The van der Waals surface area contributed by atoms with Crippen LogP contribution >= 0.6 is 0 Å².